The zero-order chi connectivity index (χ0) is 12.3. The van der Waals surface area contributed by atoms with Crippen LogP contribution in [0.1, 0.15) is 17.0 Å². The van der Waals surface area contributed by atoms with Crippen molar-refractivity contribution in [3.63, 3.8) is 0 Å². The number of phenols is 1. The Morgan fingerprint density at radius 3 is 2.94 bits per heavy atom. The van der Waals surface area contributed by atoms with E-state index in [0.717, 1.165) is 17.0 Å². The molecule has 0 atom stereocenters. The summed E-state index contributed by atoms with van der Waals surface area (Å²) >= 11 is 3.28. The van der Waals surface area contributed by atoms with Crippen LogP contribution in [0.25, 0.3) is 0 Å². The Labute approximate surface area is 108 Å². The van der Waals surface area contributed by atoms with Crippen LogP contribution < -0.4 is 5.32 Å². The molecule has 17 heavy (non-hydrogen) atoms. The number of nitrogens with zero attached hydrogens (tertiary/aromatic N) is 1. The topological polar surface area (TPSA) is 58.3 Å². The van der Waals surface area contributed by atoms with Crippen LogP contribution in [-0.4, -0.2) is 10.3 Å². The van der Waals surface area contributed by atoms with Crippen LogP contribution in [0, 0.1) is 6.92 Å². The second-order valence-electron chi connectivity index (χ2n) is 3.79. The van der Waals surface area contributed by atoms with Gasteiger partial charge in [0.1, 0.15) is 5.75 Å². The van der Waals surface area contributed by atoms with Gasteiger partial charge in [0.25, 0.3) is 0 Å². The normalized spacial score (nSPS) is 10.7. The third-order valence-corrected chi connectivity index (χ3v) is 3.00. The molecule has 0 unspecified atom stereocenters. The molecule has 0 bridgehead atoms. The Bertz CT molecular complexity index is 511. The van der Waals surface area contributed by atoms with Gasteiger partial charge < -0.3 is 14.9 Å². The van der Waals surface area contributed by atoms with E-state index in [2.05, 4.69) is 26.4 Å². The molecule has 0 aliphatic carbocycles. The fraction of sp³-hybridized carbons (Fsp3) is 0.250. The SMILES string of the molecule is Cc1cc(CNCc2cccc(Br)c2O)on1. The average molecular weight is 297 g/mol. The van der Waals surface area contributed by atoms with Crippen LogP contribution in [-0.2, 0) is 13.1 Å². The quantitative estimate of drug-likeness (QED) is 0.911. The van der Waals surface area contributed by atoms with Gasteiger partial charge in [-0.2, -0.15) is 0 Å². The van der Waals surface area contributed by atoms with E-state index in [9.17, 15) is 5.11 Å². The predicted octanol–water partition coefficient (Wildman–Crippen LogP) is 2.74. The van der Waals surface area contributed by atoms with Gasteiger partial charge in [0.15, 0.2) is 5.76 Å². The minimum atomic E-state index is 0.272. The summed E-state index contributed by atoms with van der Waals surface area (Å²) in [5.41, 5.74) is 1.71. The van der Waals surface area contributed by atoms with Crippen molar-refractivity contribution in [3.05, 3.63) is 45.8 Å². The van der Waals surface area contributed by atoms with Crippen molar-refractivity contribution >= 4 is 15.9 Å². The number of benzene rings is 1. The summed E-state index contributed by atoms with van der Waals surface area (Å²) in [5.74, 6) is 1.06. The lowest BCUT2D eigenvalue weighted by Gasteiger charge is -2.06. The number of nitrogens with one attached hydrogen (secondary N) is 1. The molecular weight excluding hydrogens is 284 g/mol. The van der Waals surface area contributed by atoms with Gasteiger partial charge in [-0.25, -0.2) is 0 Å². The van der Waals surface area contributed by atoms with E-state index in [4.69, 9.17) is 4.52 Å². The second-order valence-corrected chi connectivity index (χ2v) is 4.64. The maximum Gasteiger partial charge on any atom is 0.150 e. The van der Waals surface area contributed by atoms with Gasteiger partial charge in [-0.05, 0) is 28.9 Å². The van der Waals surface area contributed by atoms with Crippen molar-refractivity contribution in [3.8, 4) is 5.75 Å². The first-order valence-corrected chi connectivity index (χ1v) is 6.05. The molecule has 0 radical (unpaired) electrons. The number of aromatic nitrogens is 1. The molecule has 0 aliphatic rings. The van der Waals surface area contributed by atoms with Gasteiger partial charge in [0.05, 0.1) is 16.7 Å². The fourth-order valence-electron chi connectivity index (χ4n) is 1.52. The Hall–Kier alpha value is -1.33. The van der Waals surface area contributed by atoms with E-state index in [1.165, 1.54) is 0 Å². The number of para-hydroxylation sites is 1. The number of phenolic OH excluding ortho intramolecular Hbond substituents is 1. The van der Waals surface area contributed by atoms with Gasteiger partial charge >= 0.3 is 0 Å². The molecule has 0 saturated heterocycles. The number of aromatic hydroxyl groups is 1. The zero-order valence-corrected chi connectivity index (χ0v) is 11.0. The van der Waals surface area contributed by atoms with Crippen molar-refractivity contribution in [1.29, 1.82) is 0 Å². The molecule has 5 heteroatoms. The Balaban J connectivity index is 1.92. The lowest BCUT2D eigenvalue weighted by atomic mass is 10.2. The summed E-state index contributed by atoms with van der Waals surface area (Å²) in [6.07, 6.45) is 0. The molecule has 1 aromatic carbocycles. The summed E-state index contributed by atoms with van der Waals surface area (Å²) < 4.78 is 5.77. The molecule has 0 spiro atoms. The minimum absolute atomic E-state index is 0.272. The summed E-state index contributed by atoms with van der Waals surface area (Å²) in [6.45, 7) is 3.05. The Morgan fingerprint density at radius 1 is 1.41 bits per heavy atom. The average Bonchev–Trinajstić information content (AvgIpc) is 2.70. The molecule has 0 amide bonds. The van der Waals surface area contributed by atoms with E-state index in [1.54, 1.807) is 6.07 Å². The van der Waals surface area contributed by atoms with E-state index < -0.39 is 0 Å². The van der Waals surface area contributed by atoms with Gasteiger partial charge in [-0.1, -0.05) is 17.3 Å². The Morgan fingerprint density at radius 2 is 2.24 bits per heavy atom. The predicted molar refractivity (Wildman–Crippen MR) is 67.6 cm³/mol. The van der Waals surface area contributed by atoms with Gasteiger partial charge in [-0.15, -0.1) is 0 Å². The van der Waals surface area contributed by atoms with Gasteiger partial charge in [0, 0.05) is 18.2 Å². The number of halogens is 1. The fourth-order valence-corrected chi connectivity index (χ4v) is 1.93. The highest BCUT2D eigenvalue weighted by Crippen LogP contribution is 2.27. The monoisotopic (exact) mass is 296 g/mol. The van der Waals surface area contributed by atoms with Crippen LogP contribution in [0.3, 0.4) is 0 Å². The van der Waals surface area contributed by atoms with Gasteiger partial charge in [-0.3, -0.25) is 0 Å². The van der Waals surface area contributed by atoms with E-state index >= 15 is 0 Å². The smallest absolute Gasteiger partial charge is 0.150 e. The van der Waals surface area contributed by atoms with Crippen molar-refractivity contribution in [2.75, 3.05) is 0 Å². The molecule has 1 heterocycles. The maximum atomic E-state index is 9.78. The maximum absolute atomic E-state index is 9.78. The van der Waals surface area contributed by atoms with Crippen LogP contribution >= 0.6 is 15.9 Å². The highest BCUT2D eigenvalue weighted by molar-refractivity contribution is 9.10. The summed E-state index contributed by atoms with van der Waals surface area (Å²) in [4.78, 5) is 0. The zero-order valence-electron chi connectivity index (χ0n) is 9.40. The molecule has 2 rings (SSSR count). The van der Waals surface area contributed by atoms with Crippen LogP contribution in [0.5, 0.6) is 5.75 Å². The number of hydrogen-bond donors (Lipinski definition) is 2. The van der Waals surface area contributed by atoms with Crippen molar-refractivity contribution < 1.29 is 9.63 Å². The first-order valence-electron chi connectivity index (χ1n) is 5.26. The van der Waals surface area contributed by atoms with E-state index in [-0.39, 0.29) is 5.75 Å². The highest BCUT2D eigenvalue weighted by Gasteiger charge is 2.05. The lowest BCUT2D eigenvalue weighted by molar-refractivity contribution is 0.368. The molecule has 2 N–H and O–H groups in total. The van der Waals surface area contributed by atoms with E-state index in [1.807, 2.05) is 25.1 Å². The van der Waals surface area contributed by atoms with Crippen molar-refractivity contribution in [2.24, 2.45) is 0 Å². The summed E-state index contributed by atoms with van der Waals surface area (Å²) in [6, 6.07) is 7.45. The molecule has 0 aliphatic heterocycles. The molecule has 90 valence electrons. The number of aryl methyl sites for hydroxylation is 1. The van der Waals surface area contributed by atoms with Gasteiger partial charge in [0.2, 0.25) is 0 Å². The molecule has 0 saturated carbocycles. The number of hydrogen-bond acceptors (Lipinski definition) is 4. The molecule has 4 nitrogen and oxygen atoms in total. The molecule has 1 aromatic heterocycles. The largest absolute Gasteiger partial charge is 0.506 e. The molecule has 0 fully saturated rings. The first kappa shape index (κ1) is 12.1. The van der Waals surface area contributed by atoms with Crippen LogP contribution in [0.2, 0.25) is 0 Å². The first-order chi connectivity index (χ1) is 8.16. The molecular formula is C12H13BrN2O2. The van der Waals surface area contributed by atoms with Crippen LogP contribution in [0.4, 0.5) is 0 Å². The molecule has 2 aromatic rings. The highest BCUT2D eigenvalue weighted by atomic mass is 79.9. The third kappa shape index (κ3) is 3.08. The minimum Gasteiger partial charge on any atom is -0.506 e. The van der Waals surface area contributed by atoms with E-state index in [0.29, 0.717) is 17.6 Å². The summed E-state index contributed by atoms with van der Waals surface area (Å²) in [7, 11) is 0. The Kier molecular flexibility index (Phi) is 3.81. The standard InChI is InChI=1S/C12H13BrN2O2/c1-8-5-10(17-15-8)7-14-6-9-3-2-4-11(13)12(9)16/h2-5,14,16H,6-7H2,1H3. The lowest BCUT2D eigenvalue weighted by Crippen LogP contribution is -2.12. The van der Waals surface area contributed by atoms with Crippen molar-refractivity contribution in [2.45, 2.75) is 20.0 Å². The number of rotatable bonds is 4. The van der Waals surface area contributed by atoms with Crippen molar-refractivity contribution in [1.82, 2.24) is 10.5 Å². The summed E-state index contributed by atoms with van der Waals surface area (Å²) in [5, 5.41) is 16.8. The second kappa shape index (κ2) is 5.33. The third-order valence-electron chi connectivity index (χ3n) is 2.36. The van der Waals surface area contributed by atoms with Crippen LogP contribution in [0.15, 0.2) is 33.3 Å².